The maximum atomic E-state index is 13.4. The van der Waals surface area contributed by atoms with Crippen LogP contribution in [0.1, 0.15) is 12.8 Å². The van der Waals surface area contributed by atoms with Gasteiger partial charge in [-0.05, 0) is 49.2 Å². The number of hydrogen-bond acceptors (Lipinski definition) is 4. The highest BCUT2D eigenvalue weighted by Gasteiger charge is 2.33. The lowest BCUT2D eigenvalue weighted by Gasteiger charge is -2.31. The van der Waals surface area contributed by atoms with Gasteiger partial charge in [0.05, 0.1) is 21.8 Å². The fourth-order valence-electron chi connectivity index (χ4n) is 4.22. The van der Waals surface area contributed by atoms with Crippen LogP contribution >= 0.6 is 11.6 Å². The van der Waals surface area contributed by atoms with E-state index in [1.54, 1.807) is 42.5 Å². The molecule has 1 aliphatic heterocycles. The smallest absolute Gasteiger partial charge is 0.243 e. The zero-order chi connectivity index (χ0) is 23.7. The summed E-state index contributed by atoms with van der Waals surface area (Å²) < 4.78 is 28.2. The molecule has 0 saturated carbocycles. The van der Waals surface area contributed by atoms with Gasteiger partial charge >= 0.3 is 0 Å². The molecule has 1 saturated heterocycles. The number of rotatable bonds is 5. The van der Waals surface area contributed by atoms with Gasteiger partial charge in [-0.2, -0.15) is 4.31 Å². The lowest BCUT2D eigenvalue weighted by Crippen LogP contribution is -2.43. The van der Waals surface area contributed by atoms with Crippen molar-refractivity contribution in [3.63, 3.8) is 0 Å². The number of carbonyl (C=O) groups is 1. The van der Waals surface area contributed by atoms with Gasteiger partial charge in [-0.1, -0.05) is 48.0 Å². The predicted molar refractivity (Wildman–Crippen MR) is 133 cm³/mol. The largest absolute Gasteiger partial charge is 0.338 e. The highest BCUT2D eigenvalue weighted by atomic mass is 35.5. The molecule has 1 amide bonds. The number of sulfonamides is 1. The number of aromatic nitrogens is 2. The van der Waals surface area contributed by atoms with Crippen molar-refractivity contribution in [1.29, 1.82) is 0 Å². The van der Waals surface area contributed by atoms with Gasteiger partial charge in [0.15, 0.2) is 0 Å². The quantitative estimate of drug-likeness (QED) is 0.411. The molecular weight excluding hydrogens is 472 g/mol. The van der Waals surface area contributed by atoms with Gasteiger partial charge in [0.2, 0.25) is 15.9 Å². The minimum Gasteiger partial charge on any atom is -0.338 e. The second-order valence-electron chi connectivity index (χ2n) is 8.33. The topological polar surface area (TPSA) is 95.2 Å². The first-order valence-electron chi connectivity index (χ1n) is 11.0. The number of amides is 1. The van der Waals surface area contributed by atoms with Crippen LogP contribution in [0.5, 0.6) is 0 Å². The van der Waals surface area contributed by atoms with Crippen LogP contribution in [-0.4, -0.2) is 41.7 Å². The van der Waals surface area contributed by atoms with E-state index in [1.807, 2.05) is 30.3 Å². The molecule has 4 aromatic rings. The SMILES string of the molecule is O=C(Nc1cccc(Cl)c1)C1CCCN(S(=O)(=O)c2ccc3nc(-c4ccccc4)[nH]c3c2)C1. The summed E-state index contributed by atoms with van der Waals surface area (Å²) in [4.78, 5) is 20.8. The van der Waals surface area contributed by atoms with Gasteiger partial charge in [0, 0.05) is 29.4 Å². The van der Waals surface area contributed by atoms with E-state index in [0.717, 1.165) is 5.56 Å². The summed E-state index contributed by atoms with van der Waals surface area (Å²) in [5.74, 6) is 0.0302. The summed E-state index contributed by atoms with van der Waals surface area (Å²) in [6, 6.07) is 21.5. The van der Waals surface area contributed by atoms with Crippen LogP contribution in [0.25, 0.3) is 22.4 Å². The second kappa shape index (κ2) is 9.21. The summed E-state index contributed by atoms with van der Waals surface area (Å²) >= 11 is 6.00. The number of H-pyrrole nitrogens is 1. The van der Waals surface area contributed by atoms with Gasteiger partial charge in [-0.15, -0.1) is 0 Å². The molecule has 1 aromatic heterocycles. The van der Waals surface area contributed by atoms with Crippen molar-refractivity contribution in [2.45, 2.75) is 17.7 Å². The summed E-state index contributed by atoms with van der Waals surface area (Å²) in [6.07, 6.45) is 1.23. The Kier molecular flexibility index (Phi) is 6.12. The maximum absolute atomic E-state index is 13.4. The highest BCUT2D eigenvalue weighted by molar-refractivity contribution is 7.89. The molecule has 0 bridgehead atoms. The van der Waals surface area contributed by atoms with Crippen LogP contribution in [0.3, 0.4) is 0 Å². The first-order valence-corrected chi connectivity index (χ1v) is 12.8. The summed E-state index contributed by atoms with van der Waals surface area (Å²) in [5, 5.41) is 3.37. The lowest BCUT2D eigenvalue weighted by atomic mass is 9.99. The van der Waals surface area contributed by atoms with Crippen LogP contribution < -0.4 is 5.32 Å². The number of hydrogen-bond donors (Lipinski definition) is 2. The molecule has 1 atom stereocenters. The fourth-order valence-corrected chi connectivity index (χ4v) is 5.96. The molecule has 1 aliphatic rings. The molecular formula is C25H23ClN4O3S. The van der Waals surface area contributed by atoms with Crippen molar-refractivity contribution in [1.82, 2.24) is 14.3 Å². The van der Waals surface area contributed by atoms with Crippen LogP contribution in [0.4, 0.5) is 5.69 Å². The minimum atomic E-state index is -3.77. The Labute approximate surface area is 202 Å². The Balaban J connectivity index is 1.35. The zero-order valence-electron chi connectivity index (χ0n) is 18.2. The van der Waals surface area contributed by atoms with E-state index in [-0.39, 0.29) is 17.3 Å². The zero-order valence-corrected chi connectivity index (χ0v) is 19.8. The molecule has 34 heavy (non-hydrogen) atoms. The van der Waals surface area contributed by atoms with Crippen LogP contribution in [0, 0.1) is 5.92 Å². The standard InChI is InChI=1S/C25H23ClN4O3S/c26-19-9-4-10-20(14-19)27-25(31)18-8-5-13-30(16-18)34(32,33)21-11-12-22-23(15-21)29-24(28-22)17-6-2-1-3-7-17/h1-4,6-7,9-12,14-15,18H,5,8,13,16H2,(H,27,31)(H,28,29). The van der Waals surface area contributed by atoms with E-state index in [2.05, 4.69) is 15.3 Å². The molecule has 0 aliphatic carbocycles. The molecule has 9 heteroatoms. The minimum absolute atomic E-state index is 0.130. The van der Waals surface area contributed by atoms with Crippen molar-refractivity contribution in [3.05, 3.63) is 77.8 Å². The van der Waals surface area contributed by atoms with Crippen molar-refractivity contribution in [3.8, 4) is 11.4 Å². The Hall–Kier alpha value is -3.20. The van der Waals surface area contributed by atoms with Crippen LogP contribution in [0.2, 0.25) is 5.02 Å². The van der Waals surface area contributed by atoms with E-state index >= 15 is 0 Å². The van der Waals surface area contributed by atoms with Crippen LogP contribution in [0.15, 0.2) is 77.7 Å². The van der Waals surface area contributed by atoms with Crippen LogP contribution in [-0.2, 0) is 14.8 Å². The van der Waals surface area contributed by atoms with Gasteiger partial charge in [0.1, 0.15) is 5.82 Å². The second-order valence-corrected chi connectivity index (χ2v) is 10.7. The molecule has 0 radical (unpaired) electrons. The van der Waals surface area contributed by atoms with Crippen molar-refractivity contribution >= 4 is 44.3 Å². The molecule has 174 valence electrons. The molecule has 7 nitrogen and oxygen atoms in total. The molecule has 5 rings (SSSR count). The Morgan fingerprint density at radius 2 is 1.88 bits per heavy atom. The number of anilines is 1. The van der Waals surface area contributed by atoms with Crippen molar-refractivity contribution in [2.75, 3.05) is 18.4 Å². The number of aromatic amines is 1. The van der Waals surface area contributed by atoms with E-state index in [0.29, 0.717) is 47.0 Å². The third-order valence-corrected chi connectivity index (χ3v) is 8.08. The Bertz CT molecular complexity index is 1450. The number of fused-ring (bicyclic) bond motifs is 1. The highest BCUT2D eigenvalue weighted by Crippen LogP contribution is 2.28. The number of piperidine rings is 1. The number of halogens is 1. The number of imidazole rings is 1. The number of carbonyl (C=O) groups excluding carboxylic acids is 1. The monoisotopic (exact) mass is 494 g/mol. The predicted octanol–water partition coefficient (Wildman–Crippen LogP) is 4.92. The number of benzene rings is 3. The Morgan fingerprint density at radius 1 is 1.06 bits per heavy atom. The molecule has 3 aromatic carbocycles. The molecule has 2 N–H and O–H groups in total. The lowest BCUT2D eigenvalue weighted by molar-refractivity contribution is -0.120. The van der Waals surface area contributed by atoms with Crippen molar-refractivity contribution < 1.29 is 13.2 Å². The molecule has 1 unspecified atom stereocenters. The van der Waals surface area contributed by atoms with E-state index in [1.165, 1.54) is 4.31 Å². The first kappa shape index (κ1) is 22.6. The average molecular weight is 495 g/mol. The van der Waals surface area contributed by atoms with Gasteiger partial charge in [-0.3, -0.25) is 4.79 Å². The summed E-state index contributed by atoms with van der Waals surface area (Å²) in [6.45, 7) is 0.505. The maximum Gasteiger partial charge on any atom is 0.243 e. The third kappa shape index (κ3) is 4.57. The van der Waals surface area contributed by atoms with Crippen molar-refractivity contribution in [2.24, 2.45) is 5.92 Å². The van der Waals surface area contributed by atoms with E-state index in [9.17, 15) is 13.2 Å². The Morgan fingerprint density at radius 3 is 2.68 bits per heavy atom. The first-order chi connectivity index (χ1) is 16.4. The summed E-state index contributed by atoms with van der Waals surface area (Å²) in [7, 11) is -3.77. The third-order valence-electron chi connectivity index (χ3n) is 5.99. The summed E-state index contributed by atoms with van der Waals surface area (Å²) in [5.41, 5.74) is 2.85. The van der Waals surface area contributed by atoms with E-state index < -0.39 is 15.9 Å². The van der Waals surface area contributed by atoms with Gasteiger partial charge < -0.3 is 10.3 Å². The number of nitrogens with zero attached hydrogens (tertiary/aromatic N) is 2. The molecule has 2 heterocycles. The van der Waals surface area contributed by atoms with Gasteiger partial charge in [-0.25, -0.2) is 13.4 Å². The average Bonchev–Trinajstić information content (AvgIpc) is 3.28. The number of nitrogens with one attached hydrogen (secondary N) is 2. The van der Waals surface area contributed by atoms with Gasteiger partial charge in [0.25, 0.3) is 0 Å². The molecule has 1 fully saturated rings. The fraction of sp³-hybridized carbons (Fsp3) is 0.200. The molecule has 0 spiro atoms. The van der Waals surface area contributed by atoms with E-state index in [4.69, 9.17) is 11.6 Å². The normalized spacial score (nSPS) is 17.0.